The number of hydrogen-bond donors (Lipinski definition) is 0. The second kappa shape index (κ2) is 4.36. The minimum Gasteiger partial charge on any atom is -0.161 e. The maximum atomic E-state index is 3.79. The third-order valence-corrected chi connectivity index (χ3v) is 5.99. The molecule has 1 saturated carbocycles. The fourth-order valence-corrected chi connectivity index (χ4v) is 4.98. The molecule has 0 radical (unpaired) electrons. The summed E-state index contributed by atoms with van der Waals surface area (Å²) in [4.78, 5) is 0.822. The molecule has 2 unspecified atom stereocenters. The number of thioether (sulfide) groups is 1. The highest BCUT2D eigenvalue weighted by Crippen LogP contribution is 2.38. The normalized spacial score (nSPS) is 37.8. The summed E-state index contributed by atoms with van der Waals surface area (Å²) in [5.41, 5.74) is 0. The third kappa shape index (κ3) is 2.20. The summed E-state index contributed by atoms with van der Waals surface area (Å²) in [5.74, 6) is 4.82. The van der Waals surface area contributed by atoms with Crippen LogP contribution in [0.4, 0.5) is 0 Å². The lowest BCUT2D eigenvalue weighted by Crippen LogP contribution is -2.14. The van der Waals surface area contributed by atoms with E-state index in [9.17, 15) is 0 Å². The Morgan fingerprint density at radius 2 is 1.92 bits per heavy atom. The average Bonchev–Trinajstić information content (AvgIpc) is 2.65. The van der Waals surface area contributed by atoms with Crippen LogP contribution < -0.4 is 0 Å². The van der Waals surface area contributed by atoms with Crippen LogP contribution in [0, 0.1) is 11.8 Å². The van der Waals surface area contributed by atoms with Crippen molar-refractivity contribution in [2.24, 2.45) is 11.8 Å². The molecule has 12 heavy (non-hydrogen) atoms. The zero-order valence-corrected chi connectivity index (χ0v) is 9.87. The molecule has 2 fully saturated rings. The molecule has 0 aromatic rings. The van der Waals surface area contributed by atoms with E-state index in [1.165, 1.54) is 43.6 Å². The molecule has 0 N–H and O–H groups in total. The molecule has 70 valence electrons. The monoisotopic (exact) mass is 248 g/mol. The van der Waals surface area contributed by atoms with Crippen LogP contribution in [0.15, 0.2) is 0 Å². The minimum atomic E-state index is 0.822. The number of alkyl halides is 1. The molecule has 2 atom stereocenters. The highest BCUT2D eigenvalue weighted by atomic mass is 79.9. The Morgan fingerprint density at radius 1 is 1.17 bits per heavy atom. The fourth-order valence-electron chi connectivity index (χ4n) is 2.46. The molecule has 2 aliphatic rings. The molecule has 1 heterocycles. The van der Waals surface area contributed by atoms with Crippen molar-refractivity contribution >= 4 is 27.7 Å². The van der Waals surface area contributed by atoms with E-state index in [4.69, 9.17) is 0 Å². The molecule has 1 aliphatic carbocycles. The SMILES string of the molecule is BrC1CSCC1CC1CCCC1. The summed E-state index contributed by atoms with van der Waals surface area (Å²) < 4.78 is 0. The van der Waals surface area contributed by atoms with Gasteiger partial charge in [-0.2, -0.15) is 11.8 Å². The lowest BCUT2D eigenvalue weighted by Gasteiger charge is -2.17. The van der Waals surface area contributed by atoms with Gasteiger partial charge in [-0.3, -0.25) is 0 Å². The maximum absolute atomic E-state index is 3.79. The summed E-state index contributed by atoms with van der Waals surface area (Å²) in [5, 5.41) is 0. The van der Waals surface area contributed by atoms with Crippen molar-refractivity contribution < 1.29 is 0 Å². The van der Waals surface area contributed by atoms with Crippen LogP contribution in [0.25, 0.3) is 0 Å². The van der Waals surface area contributed by atoms with E-state index in [2.05, 4.69) is 27.7 Å². The highest BCUT2D eigenvalue weighted by molar-refractivity contribution is 9.09. The second-order valence-corrected chi connectivity index (χ2v) is 6.45. The lowest BCUT2D eigenvalue weighted by molar-refractivity contribution is 0.411. The van der Waals surface area contributed by atoms with Gasteiger partial charge in [0.15, 0.2) is 0 Å². The number of halogens is 1. The molecule has 2 rings (SSSR count). The van der Waals surface area contributed by atoms with Gasteiger partial charge in [-0.15, -0.1) is 0 Å². The number of hydrogen-bond acceptors (Lipinski definition) is 1. The minimum absolute atomic E-state index is 0.822. The Bertz CT molecular complexity index is 143. The molecular formula is C10H17BrS. The Balaban J connectivity index is 1.77. The number of rotatable bonds is 2. The van der Waals surface area contributed by atoms with E-state index in [0.717, 1.165) is 16.7 Å². The Morgan fingerprint density at radius 3 is 2.50 bits per heavy atom. The summed E-state index contributed by atoms with van der Waals surface area (Å²) >= 11 is 5.92. The Hall–Kier alpha value is 0.830. The zero-order chi connectivity index (χ0) is 8.39. The van der Waals surface area contributed by atoms with Gasteiger partial charge >= 0.3 is 0 Å². The van der Waals surface area contributed by atoms with Crippen LogP contribution in [0.2, 0.25) is 0 Å². The highest BCUT2D eigenvalue weighted by Gasteiger charge is 2.28. The topological polar surface area (TPSA) is 0 Å². The van der Waals surface area contributed by atoms with Crippen LogP contribution in [-0.2, 0) is 0 Å². The summed E-state index contributed by atoms with van der Waals surface area (Å²) in [6.45, 7) is 0. The van der Waals surface area contributed by atoms with E-state index in [1.54, 1.807) is 0 Å². The summed E-state index contributed by atoms with van der Waals surface area (Å²) in [6, 6.07) is 0. The molecule has 1 aliphatic heterocycles. The summed E-state index contributed by atoms with van der Waals surface area (Å²) in [7, 11) is 0. The standard InChI is InChI=1S/C10H17BrS/c11-10-7-12-6-9(10)5-8-3-1-2-4-8/h8-10H,1-7H2. The van der Waals surface area contributed by atoms with Crippen molar-refractivity contribution in [3.8, 4) is 0 Å². The molecule has 0 spiro atoms. The lowest BCUT2D eigenvalue weighted by atomic mass is 9.93. The van der Waals surface area contributed by atoms with Crippen LogP contribution in [0.1, 0.15) is 32.1 Å². The van der Waals surface area contributed by atoms with E-state index in [0.29, 0.717) is 0 Å². The van der Waals surface area contributed by atoms with Crippen molar-refractivity contribution in [2.75, 3.05) is 11.5 Å². The van der Waals surface area contributed by atoms with Crippen molar-refractivity contribution in [2.45, 2.75) is 36.9 Å². The van der Waals surface area contributed by atoms with Crippen LogP contribution >= 0.6 is 27.7 Å². The predicted octanol–water partition coefficient (Wildman–Crippen LogP) is 3.69. The molecule has 0 nitrogen and oxygen atoms in total. The van der Waals surface area contributed by atoms with E-state index in [1.807, 2.05) is 0 Å². The van der Waals surface area contributed by atoms with Gasteiger partial charge in [0.25, 0.3) is 0 Å². The zero-order valence-electron chi connectivity index (χ0n) is 7.47. The van der Waals surface area contributed by atoms with Crippen molar-refractivity contribution in [3.63, 3.8) is 0 Å². The van der Waals surface area contributed by atoms with Gasteiger partial charge in [0.05, 0.1) is 0 Å². The van der Waals surface area contributed by atoms with Gasteiger partial charge in [0, 0.05) is 10.6 Å². The van der Waals surface area contributed by atoms with Crippen LogP contribution in [0.3, 0.4) is 0 Å². The average molecular weight is 249 g/mol. The Kier molecular flexibility index (Phi) is 3.41. The summed E-state index contributed by atoms with van der Waals surface area (Å²) in [6.07, 6.45) is 7.53. The van der Waals surface area contributed by atoms with Gasteiger partial charge in [0.1, 0.15) is 0 Å². The third-order valence-electron chi connectivity index (χ3n) is 3.23. The second-order valence-electron chi connectivity index (χ2n) is 4.20. The quantitative estimate of drug-likeness (QED) is 0.672. The van der Waals surface area contributed by atoms with Gasteiger partial charge in [-0.05, 0) is 24.0 Å². The maximum Gasteiger partial charge on any atom is 0.0272 e. The van der Waals surface area contributed by atoms with Gasteiger partial charge in [-0.25, -0.2) is 0 Å². The fraction of sp³-hybridized carbons (Fsp3) is 1.00. The van der Waals surface area contributed by atoms with Crippen molar-refractivity contribution in [1.29, 1.82) is 0 Å². The van der Waals surface area contributed by atoms with Gasteiger partial charge in [-0.1, -0.05) is 41.6 Å². The first-order valence-corrected chi connectivity index (χ1v) is 7.15. The molecule has 2 heteroatoms. The van der Waals surface area contributed by atoms with Crippen LogP contribution in [-0.4, -0.2) is 16.3 Å². The Labute approximate surface area is 88.0 Å². The molecule has 0 amide bonds. The van der Waals surface area contributed by atoms with Crippen molar-refractivity contribution in [1.82, 2.24) is 0 Å². The van der Waals surface area contributed by atoms with E-state index < -0.39 is 0 Å². The van der Waals surface area contributed by atoms with Crippen molar-refractivity contribution in [3.05, 3.63) is 0 Å². The molecule has 0 bridgehead atoms. The molecule has 0 aromatic carbocycles. The first-order valence-electron chi connectivity index (χ1n) is 5.08. The first kappa shape index (κ1) is 9.39. The van der Waals surface area contributed by atoms with Gasteiger partial charge in [0.2, 0.25) is 0 Å². The van der Waals surface area contributed by atoms with Crippen LogP contribution in [0.5, 0.6) is 0 Å². The van der Waals surface area contributed by atoms with E-state index in [-0.39, 0.29) is 0 Å². The van der Waals surface area contributed by atoms with Gasteiger partial charge < -0.3 is 0 Å². The largest absolute Gasteiger partial charge is 0.161 e. The van der Waals surface area contributed by atoms with E-state index >= 15 is 0 Å². The predicted molar refractivity (Wildman–Crippen MR) is 60.1 cm³/mol. The molecule has 1 saturated heterocycles. The smallest absolute Gasteiger partial charge is 0.0272 e. The molecule has 0 aromatic heterocycles. The first-order chi connectivity index (χ1) is 5.86. The molecular weight excluding hydrogens is 232 g/mol.